The molecule has 0 N–H and O–H groups in total. The molecule has 6 heteroatoms. The molecule has 0 heterocycles. The zero-order valence-electron chi connectivity index (χ0n) is 35.1. The van der Waals surface area contributed by atoms with Gasteiger partial charge in [0.05, 0.1) is 25.7 Å². The minimum atomic E-state index is -0.111. The third-order valence-electron chi connectivity index (χ3n) is 10.2. The summed E-state index contributed by atoms with van der Waals surface area (Å²) < 4.78 is 17.5. The number of esters is 2. The lowest BCUT2D eigenvalue weighted by molar-refractivity contribution is -0.145. The van der Waals surface area contributed by atoms with Crippen molar-refractivity contribution in [1.29, 1.82) is 0 Å². The predicted molar refractivity (Wildman–Crippen MR) is 220 cm³/mol. The van der Waals surface area contributed by atoms with Crippen molar-refractivity contribution in [3.63, 3.8) is 0 Å². The van der Waals surface area contributed by atoms with Gasteiger partial charge in [-0.05, 0) is 89.6 Å². The Hall–Kier alpha value is -2.06. The van der Waals surface area contributed by atoms with Crippen molar-refractivity contribution in [3.05, 3.63) is 29.8 Å². The van der Waals surface area contributed by atoms with Gasteiger partial charge >= 0.3 is 11.9 Å². The number of allylic oxidation sites excluding steroid dienone is 1. The molecule has 0 spiro atoms. The second kappa shape index (κ2) is 37.3. The Morgan fingerprint density at radius 2 is 1.13 bits per heavy atom. The van der Waals surface area contributed by atoms with E-state index in [1.165, 1.54) is 77.0 Å². The van der Waals surface area contributed by atoms with Gasteiger partial charge in [-0.25, -0.2) is 0 Å². The number of carbonyl (C=O) groups is 2. The van der Waals surface area contributed by atoms with Crippen LogP contribution < -0.4 is 0 Å². The summed E-state index contributed by atoms with van der Waals surface area (Å²) in [6.45, 7) is 17.6. The smallest absolute Gasteiger partial charge is 0.306 e. The van der Waals surface area contributed by atoms with Crippen molar-refractivity contribution in [2.75, 3.05) is 33.4 Å². The fourth-order valence-corrected chi connectivity index (χ4v) is 6.44. The zero-order chi connectivity index (χ0) is 38.5. The normalized spacial score (nSPS) is 12.9. The van der Waals surface area contributed by atoms with E-state index in [4.69, 9.17) is 14.2 Å². The number of ether oxygens (including phenoxy) is 3. The van der Waals surface area contributed by atoms with Gasteiger partial charge < -0.3 is 19.1 Å². The van der Waals surface area contributed by atoms with E-state index in [0.29, 0.717) is 44.1 Å². The molecule has 0 fully saturated rings. The summed E-state index contributed by atoms with van der Waals surface area (Å²) in [6.07, 6.45) is 29.7. The first-order chi connectivity index (χ1) is 25.2. The summed E-state index contributed by atoms with van der Waals surface area (Å²) >= 11 is 0. The lowest BCUT2D eigenvalue weighted by Gasteiger charge is -2.22. The van der Waals surface area contributed by atoms with E-state index >= 15 is 0 Å². The quantitative estimate of drug-likeness (QED) is 0.0360. The molecule has 0 radical (unpaired) electrons. The molecule has 0 saturated carbocycles. The molecule has 3 atom stereocenters. The van der Waals surface area contributed by atoms with Gasteiger partial charge in [-0.2, -0.15) is 0 Å². The first kappa shape index (κ1) is 49.9. The molecule has 0 bridgehead atoms. The maximum Gasteiger partial charge on any atom is 0.306 e. The van der Waals surface area contributed by atoms with Crippen molar-refractivity contribution in [2.24, 2.45) is 11.8 Å². The average molecular weight is 730 g/mol. The standard InChI is InChI=1S/C46H83NO5/c1-8-11-22-30-42(6)39-45(48)51-36-27-20-16-14-18-25-33-44(50-38-29-35-47(7)41(4)5)34-26-19-15-17-21-28-37-52-46(49)40-43(31-23-12-9-2)32-24-13-10-3/h31,41-44H,2,8,10-11,13-22,24-30,32-40H2,1,3-7H3. The van der Waals surface area contributed by atoms with Crippen LogP contribution in [0.4, 0.5) is 0 Å². The van der Waals surface area contributed by atoms with Crippen molar-refractivity contribution >= 4 is 11.9 Å². The van der Waals surface area contributed by atoms with Crippen LogP contribution in [0.3, 0.4) is 0 Å². The highest BCUT2D eigenvalue weighted by molar-refractivity contribution is 5.70. The molecule has 0 amide bonds. The van der Waals surface area contributed by atoms with Crippen LogP contribution in [0.15, 0.2) is 29.8 Å². The van der Waals surface area contributed by atoms with Crippen molar-refractivity contribution in [1.82, 2.24) is 4.90 Å². The van der Waals surface area contributed by atoms with Gasteiger partial charge in [0.15, 0.2) is 0 Å². The Balaban J connectivity index is 4.23. The molecule has 302 valence electrons. The first-order valence-corrected chi connectivity index (χ1v) is 21.7. The number of unbranched alkanes of at least 4 members (excludes halogenated alkanes) is 14. The summed E-state index contributed by atoms with van der Waals surface area (Å²) in [7, 11) is 2.19. The van der Waals surface area contributed by atoms with Gasteiger partial charge in [0.2, 0.25) is 0 Å². The van der Waals surface area contributed by atoms with E-state index in [0.717, 1.165) is 83.8 Å². The van der Waals surface area contributed by atoms with Crippen LogP contribution in [0.5, 0.6) is 0 Å². The molecule has 0 aromatic heterocycles. The SMILES string of the molecule is C=C=C=C=CC(CCCCC)CC(=O)OCCCCCCCCC(CCCCCCCCOC(=O)CC(C)CCCCC)OCCCN(C)C(C)C. The highest BCUT2D eigenvalue weighted by Gasteiger charge is 2.13. The van der Waals surface area contributed by atoms with Gasteiger partial charge in [-0.3, -0.25) is 9.59 Å². The van der Waals surface area contributed by atoms with Gasteiger partial charge in [0, 0.05) is 25.6 Å². The summed E-state index contributed by atoms with van der Waals surface area (Å²) in [5.41, 5.74) is 8.27. The molecule has 0 aromatic carbocycles. The van der Waals surface area contributed by atoms with Gasteiger partial charge in [0.1, 0.15) is 0 Å². The molecule has 0 aliphatic carbocycles. The van der Waals surface area contributed by atoms with E-state index in [1.807, 2.05) is 6.08 Å². The molecule has 0 aromatic rings. The Bertz CT molecular complexity index is 960. The number of hydrogen-bond donors (Lipinski definition) is 0. The minimum absolute atomic E-state index is 0.0221. The molecule has 6 nitrogen and oxygen atoms in total. The van der Waals surface area contributed by atoms with E-state index in [1.54, 1.807) is 0 Å². The Morgan fingerprint density at radius 3 is 1.67 bits per heavy atom. The minimum Gasteiger partial charge on any atom is -0.466 e. The summed E-state index contributed by atoms with van der Waals surface area (Å²) in [6, 6.07) is 0.567. The number of nitrogens with zero attached hydrogens (tertiary/aromatic N) is 1. The van der Waals surface area contributed by atoms with E-state index in [9.17, 15) is 9.59 Å². The maximum atomic E-state index is 12.4. The van der Waals surface area contributed by atoms with Gasteiger partial charge in [-0.15, -0.1) is 0 Å². The molecule has 0 saturated heterocycles. The zero-order valence-corrected chi connectivity index (χ0v) is 35.1. The van der Waals surface area contributed by atoms with E-state index < -0.39 is 0 Å². The molecule has 0 rings (SSSR count). The largest absolute Gasteiger partial charge is 0.466 e. The molecule has 52 heavy (non-hydrogen) atoms. The maximum absolute atomic E-state index is 12.4. The number of rotatable bonds is 37. The highest BCUT2D eigenvalue weighted by Crippen LogP contribution is 2.19. The first-order valence-electron chi connectivity index (χ1n) is 21.7. The number of carbonyl (C=O) groups excluding carboxylic acids is 2. The summed E-state index contributed by atoms with van der Waals surface area (Å²) in [5.74, 6) is 0.438. The van der Waals surface area contributed by atoms with Crippen molar-refractivity contribution in [3.8, 4) is 0 Å². The van der Waals surface area contributed by atoms with Crippen LogP contribution in [0.1, 0.15) is 195 Å². The lowest BCUT2D eigenvalue weighted by atomic mass is 9.98. The van der Waals surface area contributed by atoms with Gasteiger partial charge in [0.25, 0.3) is 0 Å². The third-order valence-corrected chi connectivity index (χ3v) is 10.2. The third kappa shape index (κ3) is 33.8. The van der Waals surface area contributed by atoms with Crippen molar-refractivity contribution in [2.45, 2.75) is 207 Å². The van der Waals surface area contributed by atoms with Crippen LogP contribution in [-0.2, 0) is 23.8 Å². The monoisotopic (exact) mass is 730 g/mol. The van der Waals surface area contributed by atoms with Crippen LogP contribution >= 0.6 is 0 Å². The molecule has 0 aliphatic rings. The van der Waals surface area contributed by atoms with Crippen LogP contribution in [0, 0.1) is 11.8 Å². The fourth-order valence-electron chi connectivity index (χ4n) is 6.44. The average Bonchev–Trinajstić information content (AvgIpc) is 3.11. The summed E-state index contributed by atoms with van der Waals surface area (Å²) in [5, 5.41) is 0. The van der Waals surface area contributed by atoms with E-state index in [2.05, 4.69) is 70.3 Å². The Kier molecular flexibility index (Phi) is 35.8. The van der Waals surface area contributed by atoms with Crippen LogP contribution in [0.25, 0.3) is 0 Å². The fraction of sp³-hybridized carbons (Fsp3) is 0.848. The number of hydrogen-bond acceptors (Lipinski definition) is 6. The molecular formula is C46H83NO5. The second-order valence-corrected chi connectivity index (χ2v) is 15.6. The second-order valence-electron chi connectivity index (χ2n) is 15.6. The summed E-state index contributed by atoms with van der Waals surface area (Å²) in [4.78, 5) is 26.9. The Morgan fingerprint density at radius 1 is 0.635 bits per heavy atom. The highest BCUT2D eigenvalue weighted by atomic mass is 16.5. The topological polar surface area (TPSA) is 65.1 Å². The Labute approximate surface area is 322 Å². The van der Waals surface area contributed by atoms with Crippen LogP contribution in [-0.4, -0.2) is 62.4 Å². The predicted octanol–water partition coefficient (Wildman–Crippen LogP) is 12.5. The molecule has 3 unspecified atom stereocenters. The van der Waals surface area contributed by atoms with E-state index in [-0.39, 0.29) is 17.9 Å². The molecular weight excluding hydrogens is 647 g/mol. The lowest BCUT2D eigenvalue weighted by Crippen LogP contribution is -2.28. The van der Waals surface area contributed by atoms with Crippen LogP contribution in [0.2, 0.25) is 0 Å². The molecule has 0 aliphatic heterocycles. The van der Waals surface area contributed by atoms with Gasteiger partial charge in [-0.1, -0.05) is 141 Å². The van der Waals surface area contributed by atoms with Crippen molar-refractivity contribution < 1.29 is 23.8 Å².